The van der Waals surface area contributed by atoms with Crippen LogP contribution in [0.25, 0.3) is 0 Å². The number of carboxylic acid groups (broad SMARTS) is 1. The molecule has 0 aliphatic carbocycles. The first-order chi connectivity index (χ1) is 6.42. The second-order valence-electron chi connectivity index (χ2n) is 3.37. The van der Waals surface area contributed by atoms with Crippen molar-refractivity contribution in [2.24, 2.45) is 0 Å². The van der Waals surface area contributed by atoms with E-state index in [0.29, 0.717) is 10.8 Å². The van der Waals surface area contributed by atoms with E-state index in [1.165, 1.54) is 13.8 Å². The summed E-state index contributed by atoms with van der Waals surface area (Å²) in [5, 5.41) is 9.39. The third-order valence-electron chi connectivity index (χ3n) is 1.70. The molecule has 1 radical (unpaired) electrons. The van der Waals surface area contributed by atoms with Gasteiger partial charge < -0.3 is 9.84 Å². The van der Waals surface area contributed by atoms with Crippen LogP contribution >= 0.6 is 11.6 Å². The van der Waals surface area contributed by atoms with E-state index < -0.39 is 11.6 Å². The van der Waals surface area contributed by atoms with Gasteiger partial charge in [0.25, 0.3) is 0 Å². The molecule has 1 rings (SSSR count). The smallest absolute Gasteiger partial charge is 0.347 e. The van der Waals surface area contributed by atoms with E-state index >= 15 is 0 Å². The van der Waals surface area contributed by atoms with E-state index in [1.807, 2.05) is 0 Å². The molecule has 77 valence electrons. The van der Waals surface area contributed by atoms with E-state index in [1.54, 1.807) is 24.3 Å². The van der Waals surface area contributed by atoms with Crippen LogP contribution in [0.4, 0.5) is 0 Å². The molecule has 0 aliphatic heterocycles. The van der Waals surface area contributed by atoms with Gasteiger partial charge in [0, 0.05) is 34.6 Å². The topological polar surface area (TPSA) is 46.5 Å². The maximum absolute atomic E-state index is 10.7. The van der Waals surface area contributed by atoms with Gasteiger partial charge in [0.15, 0.2) is 5.60 Å². The Morgan fingerprint density at radius 2 is 1.80 bits per heavy atom. The minimum Gasteiger partial charge on any atom is -0.478 e. The Morgan fingerprint density at radius 3 is 2.20 bits per heavy atom. The third kappa shape index (κ3) is 4.43. The summed E-state index contributed by atoms with van der Waals surface area (Å²) in [5.74, 6) is -0.519. The van der Waals surface area contributed by atoms with Gasteiger partial charge in [-0.25, -0.2) is 4.79 Å². The molecular formula is C10H11ClNaO3. The first-order valence-electron chi connectivity index (χ1n) is 4.10. The average molecular weight is 238 g/mol. The second kappa shape index (κ2) is 5.75. The molecule has 0 atom stereocenters. The van der Waals surface area contributed by atoms with Gasteiger partial charge in [-0.05, 0) is 38.1 Å². The molecule has 0 saturated heterocycles. The van der Waals surface area contributed by atoms with Gasteiger partial charge in [-0.1, -0.05) is 11.6 Å². The zero-order valence-electron chi connectivity index (χ0n) is 8.95. The number of halogens is 1. The second-order valence-corrected chi connectivity index (χ2v) is 3.81. The Bertz CT molecular complexity index is 335. The summed E-state index contributed by atoms with van der Waals surface area (Å²) in [4.78, 5) is 10.7. The molecule has 0 heterocycles. The Hall–Kier alpha value is -0.220. The number of ether oxygens (including phenoxy) is 1. The number of carbonyl (C=O) groups is 1. The number of hydrogen-bond donors (Lipinski definition) is 1. The predicted molar refractivity (Wildman–Crippen MR) is 59.5 cm³/mol. The van der Waals surface area contributed by atoms with Crippen molar-refractivity contribution in [3.05, 3.63) is 29.3 Å². The standard InChI is InChI=1S/C10H11ClO3.Na/c1-10(2,9(12)13)14-8-5-3-7(11)4-6-8;/h3-6H,1-2H3,(H,12,13);. The fourth-order valence-corrected chi connectivity index (χ4v) is 0.967. The minimum atomic E-state index is -1.23. The third-order valence-corrected chi connectivity index (χ3v) is 1.95. The van der Waals surface area contributed by atoms with E-state index in [-0.39, 0.29) is 29.6 Å². The molecule has 3 nitrogen and oxygen atoms in total. The van der Waals surface area contributed by atoms with Gasteiger partial charge in [0.1, 0.15) is 5.75 Å². The number of hydrogen-bond acceptors (Lipinski definition) is 2. The molecule has 5 heteroatoms. The Balaban J connectivity index is 0.00000196. The number of carboxylic acids is 1. The van der Waals surface area contributed by atoms with E-state index in [2.05, 4.69) is 0 Å². The van der Waals surface area contributed by atoms with E-state index in [0.717, 1.165) is 0 Å². The molecule has 0 spiro atoms. The van der Waals surface area contributed by atoms with Gasteiger partial charge in [-0.2, -0.15) is 0 Å². The van der Waals surface area contributed by atoms with Gasteiger partial charge in [-0.3, -0.25) is 0 Å². The monoisotopic (exact) mass is 237 g/mol. The summed E-state index contributed by atoms with van der Waals surface area (Å²) in [7, 11) is 0. The summed E-state index contributed by atoms with van der Waals surface area (Å²) < 4.78 is 5.26. The van der Waals surface area contributed by atoms with Crippen molar-refractivity contribution >= 4 is 47.1 Å². The molecule has 0 fully saturated rings. The maximum Gasteiger partial charge on any atom is 0.347 e. The first-order valence-corrected chi connectivity index (χ1v) is 4.47. The van der Waals surface area contributed by atoms with Crippen molar-refractivity contribution < 1.29 is 14.6 Å². The zero-order valence-corrected chi connectivity index (χ0v) is 11.7. The van der Waals surface area contributed by atoms with Crippen molar-refractivity contribution in [3.63, 3.8) is 0 Å². The molecule has 0 aromatic heterocycles. The van der Waals surface area contributed by atoms with Crippen LogP contribution in [-0.4, -0.2) is 46.2 Å². The molecule has 1 aromatic carbocycles. The predicted octanol–water partition coefficient (Wildman–Crippen LogP) is 2.20. The number of rotatable bonds is 3. The summed E-state index contributed by atoms with van der Waals surface area (Å²) in [6.07, 6.45) is 0. The summed E-state index contributed by atoms with van der Waals surface area (Å²) in [5.41, 5.74) is -1.23. The van der Waals surface area contributed by atoms with Crippen molar-refractivity contribution in [2.75, 3.05) is 0 Å². The summed E-state index contributed by atoms with van der Waals surface area (Å²) >= 11 is 5.67. The van der Waals surface area contributed by atoms with Crippen LogP contribution in [0.3, 0.4) is 0 Å². The molecule has 0 aliphatic rings. The van der Waals surface area contributed by atoms with Crippen LogP contribution < -0.4 is 4.74 Å². The van der Waals surface area contributed by atoms with Gasteiger partial charge >= 0.3 is 5.97 Å². The summed E-state index contributed by atoms with van der Waals surface area (Å²) in [6, 6.07) is 6.56. The van der Waals surface area contributed by atoms with Gasteiger partial charge in [0.2, 0.25) is 0 Å². The van der Waals surface area contributed by atoms with Crippen molar-refractivity contribution in [2.45, 2.75) is 19.4 Å². The van der Waals surface area contributed by atoms with Crippen LogP contribution in [-0.2, 0) is 4.79 Å². The Labute approximate surface area is 116 Å². The van der Waals surface area contributed by atoms with Crippen molar-refractivity contribution in [3.8, 4) is 5.75 Å². The summed E-state index contributed by atoms with van der Waals surface area (Å²) in [6.45, 7) is 2.98. The molecule has 1 N–H and O–H groups in total. The molecule has 0 unspecified atom stereocenters. The van der Waals surface area contributed by atoms with E-state index in [9.17, 15) is 4.79 Å². The van der Waals surface area contributed by atoms with Crippen LogP contribution in [0, 0.1) is 0 Å². The van der Waals surface area contributed by atoms with Gasteiger partial charge in [0.05, 0.1) is 0 Å². The number of benzene rings is 1. The maximum atomic E-state index is 10.7. The molecule has 0 saturated carbocycles. The Kier molecular flexibility index (Phi) is 5.67. The normalized spacial score (nSPS) is 10.3. The largest absolute Gasteiger partial charge is 0.478 e. The molecular weight excluding hydrogens is 227 g/mol. The van der Waals surface area contributed by atoms with Crippen LogP contribution in [0.5, 0.6) is 5.75 Å². The zero-order chi connectivity index (χ0) is 10.8. The van der Waals surface area contributed by atoms with Gasteiger partial charge in [-0.15, -0.1) is 0 Å². The quantitative estimate of drug-likeness (QED) is 0.820. The fraction of sp³-hybridized carbons (Fsp3) is 0.300. The van der Waals surface area contributed by atoms with Crippen molar-refractivity contribution in [1.29, 1.82) is 0 Å². The average Bonchev–Trinajstić information content (AvgIpc) is 2.08. The molecule has 1 aromatic rings. The molecule has 0 amide bonds. The SMILES string of the molecule is CC(C)(Oc1ccc(Cl)cc1)C(=O)O.[Na]. The number of aliphatic carboxylic acids is 1. The minimum absolute atomic E-state index is 0. The van der Waals surface area contributed by atoms with E-state index in [4.69, 9.17) is 21.4 Å². The Morgan fingerprint density at radius 1 is 1.33 bits per heavy atom. The van der Waals surface area contributed by atoms with Crippen LogP contribution in [0.1, 0.15) is 13.8 Å². The van der Waals surface area contributed by atoms with Crippen LogP contribution in [0.2, 0.25) is 5.02 Å². The van der Waals surface area contributed by atoms with Crippen molar-refractivity contribution in [1.82, 2.24) is 0 Å². The molecule has 0 bridgehead atoms. The molecule has 15 heavy (non-hydrogen) atoms. The van der Waals surface area contributed by atoms with Crippen LogP contribution in [0.15, 0.2) is 24.3 Å². The first kappa shape index (κ1) is 14.8. The fourth-order valence-electron chi connectivity index (χ4n) is 0.841.